The topological polar surface area (TPSA) is 78.4 Å². The molecule has 0 bridgehead atoms. The summed E-state index contributed by atoms with van der Waals surface area (Å²) in [5, 5.41) is 0. The highest BCUT2D eigenvalue weighted by molar-refractivity contribution is 5.98. The summed E-state index contributed by atoms with van der Waals surface area (Å²) in [4.78, 5) is 42.2. The summed E-state index contributed by atoms with van der Waals surface area (Å²) in [6.45, 7) is 5.12. The van der Waals surface area contributed by atoms with Crippen molar-refractivity contribution in [2.24, 2.45) is 7.05 Å². The Morgan fingerprint density at radius 3 is 2.55 bits per heavy atom. The van der Waals surface area contributed by atoms with Gasteiger partial charge in [0.25, 0.3) is 5.56 Å². The van der Waals surface area contributed by atoms with Gasteiger partial charge >= 0.3 is 5.69 Å². The van der Waals surface area contributed by atoms with Gasteiger partial charge < -0.3 is 4.90 Å². The predicted octanol–water partition coefficient (Wildman–Crippen LogP) is 1.17. The van der Waals surface area contributed by atoms with E-state index in [0.29, 0.717) is 31.1 Å². The number of carbonyl (C=O) groups excluding carboxylic acids is 1. The fourth-order valence-electron chi connectivity index (χ4n) is 2.81. The quantitative estimate of drug-likeness (QED) is 0.800. The summed E-state index contributed by atoms with van der Waals surface area (Å²) in [5.74, 6) is 0.387. The molecule has 1 N–H and O–H groups in total. The molecule has 1 aromatic heterocycles. The molecule has 2 heterocycles. The Bertz CT molecular complexity index is 662. The number of hydrogen-bond donors (Lipinski definition) is 1. The second-order valence-electron chi connectivity index (χ2n) is 5.67. The lowest BCUT2D eigenvalue weighted by atomic mass is 10.2. The molecule has 2 rings (SSSR count). The lowest BCUT2D eigenvalue weighted by molar-refractivity contribution is -0.118. The van der Waals surface area contributed by atoms with E-state index in [-0.39, 0.29) is 5.91 Å². The maximum atomic E-state index is 12.5. The van der Waals surface area contributed by atoms with Crippen LogP contribution in [0.25, 0.3) is 0 Å². The molecule has 0 aliphatic carbocycles. The minimum atomic E-state index is -0.492. The van der Waals surface area contributed by atoms with Gasteiger partial charge in [-0.1, -0.05) is 26.7 Å². The Kier molecular flexibility index (Phi) is 5.05. The van der Waals surface area contributed by atoms with Gasteiger partial charge in [0.05, 0.1) is 6.67 Å². The van der Waals surface area contributed by atoms with Crippen LogP contribution < -0.4 is 21.0 Å². The zero-order valence-electron chi connectivity index (χ0n) is 13.5. The highest BCUT2D eigenvalue weighted by Gasteiger charge is 2.34. The van der Waals surface area contributed by atoms with Crippen molar-refractivity contribution in [3.63, 3.8) is 0 Å². The van der Waals surface area contributed by atoms with Crippen LogP contribution in [0.1, 0.15) is 46.0 Å². The fourth-order valence-corrected chi connectivity index (χ4v) is 2.81. The van der Waals surface area contributed by atoms with Crippen LogP contribution in [0.15, 0.2) is 9.59 Å². The lowest BCUT2D eigenvalue weighted by Crippen LogP contribution is -2.37. The molecule has 1 amide bonds. The van der Waals surface area contributed by atoms with Crippen molar-refractivity contribution in [2.75, 3.05) is 23.0 Å². The molecule has 0 aromatic carbocycles. The highest BCUT2D eigenvalue weighted by atomic mass is 16.2. The first-order valence-electron chi connectivity index (χ1n) is 7.89. The maximum Gasteiger partial charge on any atom is 0.329 e. The second kappa shape index (κ2) is 6.81. The third-order valence-corrected chi connectivity index (χ3v) is 3.94. The molecule has 7 nitrogen and oxygen atoms in total. The number of rotatable bonds is 6. The van der Waals surface area contributed by atoms with Crippen molar-refractivity contribution >= 4 is 17.4 Å². The van der Waals surface area contributed by atoms with Gasteiger partial charge in [-0.3, -0.25) is 24.0 Å². The van der Waals surface area contributed by atoms with Gasteiger partial charge in [-0.25, -0.2) is 4.79 Å². The number of unbranched alkanes of at least 4 members (excludes halogenated alkanes) is 2. The molecular formula is C15H24N4O3. The number of aromatic nitrogens is 2. The van der Waals surface area contributed by atoms with E-state index in [2.05, 4.69) is 11.9 Å². The number of carbonyl (C=O) groups is 1. The Labute approximate surface area is 129 Å². The molecule has 0 saturated heterocycles. The molecule has 7 heteroatoms. The minimum absolute atomic E-state index is 0.0334. The summed E-state index contributed by atoms with van der Waals surface area (Å²) >= 11 is 0. The van der Waals surface area contributed by atoms with E-state index < -0.39 is 11.2 Å². The monoisotopic (exact) mass is 308 g/mol. The van der Waals surface area contributed by atoms with Gasteiger partial charge in [-0.15, -0.1) is 0 Å². The summed E-state index contributed by atoms with van der Waals surface area (Å²) < 4.78 is 1.35. The van der Waals surface area contributed by atoms with E-state index in [1.165, 1.54) is 4.57 Å². The van der Waals surface area contributed by atoms with Gasteiger partial charge in [0.15, 0.2) is 5.82 Å². The SMILES string of the molecule is CCCCCC(=O)N1CN(CCC)c2c1n(C)c(=O)[nH]c2=O. The first-order chi connectivity index (χ1) is 10.5. The number of aromatic amines is 1. The summed E-state index contributed by atoms with van der Waals surface area (Å²) in [6.07, 6.45) is 4.17. The van der Waals surface area contributed by atoms with Gasteiger partial charge in [-0.2, -0.15) is 0 Å². The minimum Gasteiger partial charge on any atom is -0.346 e. The summed E-state index contributed by atoms with van der Waals surface area (Å²) in [7, 11) is 1.58. The van der Waals surface area contributed by atoms with Crippen LogP contribution in [0, 0.1) is 0 Å². The Morgan fingerprint density at radius 1 is 1.18 bits per heavy atom. The number of fused-ring (bicyclic) bond motifs is 1. The third-order valence-electron chi connectivity index (χ3n) is 3.94. The van der Waals surface area contributed by atoms with Crippen LogP contribution in [0.5, 0.6) is 0 Å². The van der Waals surface area contributed by atoms with Crippen LogP contribution in [0.3, 0.4) is 0 Å². The molecule has 1 aromatic rings. The molecule has 1 aliphatic heterocycles. The molecule has 0 radical (unpaired) electrons. The number of anilines is 2. The van der Waals surface area contributed by atoms with E-state index in [0.717, 1.165) is 25.7 Å². The normalized spacial score (nSPS) is 13.6. The summed E-state index contributed by atoms with van der Waals surface area (Å²) in [6, 6.07) is 0. The first-order valence-corrected chi connectivity index (χ1v) is 7.89. The average Bonchev–Trinajstić information content (AvgIpc) is 2.85. The Hall–Kier alpha value is -2.05. The Balaban J connectivity index is 2.39. The average molecular weight is 308 g/mol. The maximum absolute atomic E-state index is 12.5. The largest absolute Gasteiger partial charge is 0.346 e. The van der Waals surface area contributed by atoms with Crippen LogP contribution >= 0.6 is 0 Å². The van der Waals surface area contributed by atoms with Crippen molar-refractivity contribution in [1.82, 2.24) is 9.55 Å². The van der Waals surface area contributed by atoms with Crippen LogP contribution in [-0.4, -0.2) is 28.7 Å². The lowest BCUT2D eigenvalue weighted by Gasteiger charge is -2.19. The van der Waals surface area contributed by atoms with E-state index in [1.807, 2.05) is 11.8 Å². The first kappa shape index (κ1) is 16.3. The number of nitrogens with one attached hydrogen (secondary N) is 1. The molecule has 0 spiro atoms. The standard InChI is InChI=1S/C15H24N4O3/c1-4-6-7-8-11(20)19-10-18(9-5-2)12-13(21)16-15(22)17(3)14(12)19/h4-10H2,1-3H3,(H,16,21,22). The second-order valence-corrected chi connectivity index (χ2v) is 5.67. The number of hydrogen-bond acceptors (Lipinski definition) is 4. The molecule has 22 heavy (non-hydrogen) atoms. The van der Waals surface area contributed by atoms with Crippen molar-refractivity contribution in [2.45, 2.75) is 46.0 Å². The van der Waals surface area contributed by atoms with Gasteiger partial charge in [0.2, 0.25) is 5.91 Å². The molecule has 0 saturated carbocycles. The predicted molar refractivity (Wildman–Crippen MR) is 86.4 cm³/mol. The van der Waals surface area contributed by atoms with Crippen molar-refractivity contribution < 1.29 is 4.79 Å². The van der Waals surface area contributed by atoms with Crippen molar-refractivity contribution in [3.05, 3.63) is 20.8 Å². The third kappa shape index (κ3) is 2.93. The van der Waals surface area contributed by atoms with Crippen molar-refractivity contribution in [3.8, 4) is 0 Å². The summed E-state index contributed by atoms with van der Waals surface area (Å²) in [5.41, 5.74) is -0.489. The molecular weight excluding hydrogens is 284 g/mol. The highest BCUT2D eigenvalue weighted by Crippen LogP contribution is 2.31. The van der Waals surface area contributed by atoms with Gasteiger partial charge in [-0.05, 0) is 12.8 Å². The molecule has 1 aliphatic rings. The van der Waals surface area contributed by atoms with E-state index in [9.17, 15) is 14.4 Å². The number of H-pyrrole nitrogens is 1. The zero-order valence-corrected chi connectivity index (χ0v) is 13.5. The van der Waals surface area contributed by atoms with E-state index >= 15 is 0 Å². The van der Waals surface area contributed by atoms with Crippen LogP contribution in [0.4, 0.5) is 11.5 Å². The van der Waals surface area contributed by atoms with E-state index in [4.69, 9.17) is 0 Å². The molecule has 0 unspecified atom stereocenters. The fraction of sp³-hybridized carbons (Fsp3) is 0.667. The van der Waals surface area contributed by atoms with Crippen molar-refractivity contribution in [1.29, 1.82) is 0 Å². The Morgan fingerprint density at radius 2 is 1.91 bits per heavy atom. The van der Waals surface area contributed by atoms with Crippen LogP contribution in [0.2, 0.25) is 0 Å². The number of nitrogens with zero attached hydrogens (tertiary/aromatic N) is 3. The molecule has 0 atom stereocenters. The van der Waals surface area contributed by atoms with Crippen LogP contribution in [-0.2, 0) is 11.8 Å². The smallest absolute Gasteiger partial charge is 0.329 e. The molecule has 0 fully saturated rings. The zero-order chi connectivity index (χ0) is 16.3. The molecule has 122 valence electrons. The number of amides is 1. The van der Waals surface area contributed by atoms with E-state index in [1.54, 1.807) is 11.9 Å². The van der Waals surface area contributed by atoms with Gasteiger partial charge in [0, 0.05) is 20.0 Å². The van der Waals surface area contributed by atoms with Gasteiger partial charge in [0.1, 0.15) is 5.69 Å².